The van der Waals surface area contributed by atoms with Gasteiger partial charge in [-0.05, 0) is 30.9 Å². The van der Waals surface area contributed by atoms with E-state index in [1.54, 1.807) is 6.08 Å². The molecule has 2 aromatic rings. The lowest BCUT2D eigenvalue weighted by molar-refractivity contribution is 0.0972. The number of nitrogens with zero attached hydrogens (tertiary/aromatic N) is 2. The monoisotopic (exact) mass is 478 g/mol. The van der Waals surface area contributed by atoms with Crippen molar-refractivity contribution in [1.82, 2.24) is 14.7 Å². The molecule has 1 fully saturated rings. The third kappa shape index (κ3) is 5.64. The van der Waals surface area contributed by atoms with Crippen molar-refractivity contribution in [1.29, 1.82) is 0 Å². The molecule has 2 aliphatic rings. The van der Waals surface area contributed by atoms with Crippen LogP contribution in [0.2, 0.25) is 0 Å². The van der Waals surface area contributed by atoms with Crippen LogP contribution in [-0.2, 0) is 14.8 Å². The Balaban J connectivity index is 1.77. The second-order valence-electron chi connectivity index (χ2n) is 7.75. The Morgan fingerprint density at radius 1 is 1.36 bits per heavy atom. The molecule has 12 heteroatoms. The number of benzene rings is 1. The van der Waals surface area contributed by atoms with Gasteiger partial charge in [0.15, 0.2) is 24.1 Å². The fourth-order valence-electron chi connectivity index (χ4n) is 3.49. The average molecular weight is 479 g/mol. The number of hydrogen-bond acceptors (Lipinski definition) is 9. The smallest absolute Gasteiger partial charge is 0.287 e. The number of amides is 1. The number of nitrogens with one attached hydrogen (secondary N) is 2. The molecule has 0 radical (unpaired) electrons. The van der Waals surface area contributed by atoms with Crippen molar-refractivity contribution in [3.8, 4) is 5.75 Å². The zero-order chi connectivity index (χ0) is 23.6. The highest BCUT2D eigenvalue weighted by Crippen LogP contribution is 2.41. The van der Waals surface area contributed by atoms with Crippen LogP contribution in [0, 0.1) is 5.82 Å². The third-order valence-electron chi connectivity index (χ3n) is 5.10. The van der Waals surface area contributed by atoms with Crippen LogP contribution in [0.25, 0.3) is 5.57 Å². The SMILES string of the molecule is CS(=O)(=O)NC(=O)c1nc(C2CC2)cnc1Nc1cc(F)cc(C2=CCOCC2)c1OCO. The van der Waals surface area contributed by atoms with E-state index in [1.807, 2.05) is 4.72 Å². The Hall–Kier alpha value is -3.09. The van der Waals surface area contributed by atoms with Crippen molar-refractivity contribution in [2.45, 2.75) is 25.2 Å². The van der Waals surface area contributed by atoms with Crippen molar-refractivity contribution in [3.05, 3.63) is 47.2 Å². The highest BCUT2D eigenvalue weighted by Gasteiger charge is 2.29. The molecule has 4 rings (SSSR count). The minimum Gasteiger partial charge on any atom is -0.465 e. The molecule has 1 amide bonds. The van der Waals surface area contributed by atoms with Crippen molar-refractivity contribution >= 4 is 33.0 Å². The summed E-state index contributed by atoms with van der Waals surface area (Å²) in [5.41, 5.74) is 1.60. The van der Waals surface area contributed by atoms with Crippen LogP contribution in [0.3, 0.4) is 0 Å². The number of rotatable bonds is 8. The van der Waals surface area contributed by atoms with Gasteiger partial charge in [-0.3, -0.25) is 4.79 Å². The van der Waals surface area contributed by atoms with E-state index in [1.165, 1.54) is 12.3 Å². The molecule has 3 N–H and O–H groups in total. The summed E-state index contributed by atoms with van der Waals surface area (Å²) in [6.45, 7) is 0.134. The average Bonchev–Trinajstić information content (AvgIpc) is 3.60. The van der Waals surface area contributed by atoms with E-state index in [2.05, 4.69) is 15.3 Å². The van der Waals surface area contributed by atoms with Crippen LogP contribution in [-0.4, -0.2) is 55.7 Å². The number of carbonyl (C=O) groups excluding carboxylic acids is 1. The number of hydrogen-bond donors (Lipinski definition) is 3. The van der Waals surface area contributed by atoms with Gasteiger partial charge < -0.3 is 19.9 Å². The molecular weight excluding hydrogens is 455 g/mol. The van der Waals surface area contributed by atoms with Gasteiger partial charge in [-0.2, -0.15) is 0 Å². The summed E-state index contributed by atoms with van der Waals surface area (Å²) >= 11 is 0. The lowest BCUT2D eigenvalue weighted by atomic mass is 9.99. The summed E-state index contributed by atoms with van der Waals surface area (Å²) in [6.07, 6.45) is 6.45. The van der Waals surface area contributed by atoms with Gasteiger partial charge in [-0.15, -0.1) is 0 Å². The van der Waals surface area contributed by atoms with E-state index < -0.39 is 28.5 Å². The Kier molecular flexibility index (Phi) is 6.58. The lowest BCUT2D eigenvalue weighted by Gasteiger charge is -2.20. The van der Waals surface area contributed by atoms with E-state index >= 15 is 0 Å². The molecule has 2 heterocycles. The number of aliphatic hydroxyl groups is 1. The van der Waals surface area contributed by atoms with Crippen LogP contribution < -0.4 is 14.8 Å². The largest absolute Gasteiger partial charge is 0.465 e. The Morgan fingerprint density at radius 2 is 2.15 bits per heavy atom. The second-order valence-corrected chi connectivity index (χ2v) is 9.50. The van der Waals surface area contributed by atoms with Crippen molar-refractivity contribution in [2.75, 3.05) is 31.6 Å². The van der Waals surface area contributed by atoms with Crippen molar-refractivity contribution < 1.29 is 32.2 Å². The number of carbonyl (C=O) groups is 1. The quantitative estimate of drug-likeness (QED) is 0.486. The summed E-state index contributed by atoms with van der Waals surface area (Å²) in [6, 6.07) is 2.41. The van der Waals surface area contributed by atoms with Crippen molar-refractivity contribution in [3.63, 3.8) is 0 Å². The van der Waals surface area contributed by atoms with Gasteiger partial charge in [-0.1, -0.05) is 6.08 Å². The Labute approximate surface area is 189 Å². The molecule has 1 aromatic heterocycles. The zero-order valence-corrected chi connectivity index (χ0v) is 18.6. The maximum atomic E-state index is 14.6. The molecule has 1 aliphatic heterocycles. The van der Waals surface area contributed by atoms with Crippen LogP contribution in [0.1, 0.15) is 46.9 Å². The van der Waals surface area contributed by atoms with E-state index in [0.717, 1.165) is 30.7 Å². The highest BCUT2D eigenvalue weighted by atomic mass is 32.2. The normalized spacial score (nSPS) is 16.2. The number of aromatic nitrogens is 2. The van der Waals surface area contributed by atoms with Crippen LogP contribution in [0.5, 0.6) is 5.75 Å². The number of anilines is 2. The minimum absolute atomic E-state index is 0.0825. The topological polar surface area (TPSA) is 140 Å². The molecule has 1 aliphatic carbocycles. The highest BCUT2D eigenvalue weighted by molar-refractivity contribution is 7.89. The summed E-state index contributed by atoms with van der Waals surface area (Å²) in [5.74, 6) is -1.33. The second kappa shape index (κ2) is 9.41. The first-order valence-electron chi connectivity index (χ1n) is 10.3. The molecule has 0 unspecified atom stereocenters. The molecule has 1 saturated carbocycles. The number of halogens is 1. The maximum Gasteiger partial charge on any atom is 0.287 e. The molecule has 176 valence electrons. The molecule has 0 atom stereocenters. The van der Waals surface area contributed by atoms with Crippen LogP contribution in [0.4, 0.5) is 15.9 Å². The van der Waals surface area contributed by atoms with Gasteiger partial charge in [-0.25, -0.2) is 27.5 Å². The summed E-state index contributed by atoms with van der Waals surface area (Å²) < 4.78 is 50.4. The van der Waals surface area contributed by atoms with E-state index in [0.29, 0.717) is 30.9 Å². The Morgan fingerprint density at radius 3 is 2.79 bits per heavy atom. The maximum absolute atomic E-state index is 14.6. The van der Waals surface area contributed by atoms with Gasteiger partial charge in [0.1, 0.15) is 5.82 Å². The van der Waals surface area contributed by atoms with E-state index in [4.69, 9.17) is 9.47 Å². The predicted octanol–water partition coefficient (Wildman–Crippen LogP) is 2.06. The number of ether oxygens (including phenoxy) is 2. The standard InChI is InChI=1S/C21H23FN4O6S/c1-33(29,30)26-21(28)18-20(23-10-17(24-18)13-2-3-13)25-16-9-14(22)8-15(19(16)32-11-27)12-4-6-31-7-5-12/h4,8-10,13,27H,2-3,5-7,11H2,1H3,(H,23,25)(H,26,28). The van der Waals surface area contributed by atoms with Gasteiger partial charge in [0.25, 0.3) is 5.91 Å². The predicted molar refractivity (Wildman–Crippen MR) is 117 cm³/mol. The number of sulfonamides is 1. The van der Waals surface area contributed by atoms with E-state index in [9.17, 15) is 22.7 Å². The molecule has 0 bridgehead atoms. The fourth-order valence-corrected chi connectivity index (χ4v) is 3.92. The van der Waals surface area contributed by atoms with Gasteiger partial charge in [0.2, 0.25) is 10.0 Å². The van der Waals surface area contributed by atoms with Gasteiger partial charge >= 0.3 is 0 Å². The molecular formula is C21H23FN4O6S. The minimum atomic E-state index is -3.86. The number of aliphatic hydroxyl groups excluding tert-OH is 1. The fraction of sp³-hybridized carbons (Fsp3) is 0.381. The van der Waals surface area contributed by atoms with Gasteiger partial charge in [0, 0.05) is 17.5 Å². The molecule has 0 saturated heterocycles. The first-order chi connectivity index (χ1) is 15.7. The molecule has 0 spiro atoms. The van der Waals surface area contributed by atoms with Crippen molar-refractivity contribution in [2.24, 2.45) is 0 Å². The first-order valence-corrected chi connectivity index (χ1v) is 12.1. The summed E-state index contributed by atoms with van der Waals surface area (Å²) in [4.78, 5) is 21.2. The van der Waals surface area contributed by atoms with Gasteiger partial charge in [0.05, 0.1) is 37.0 Å². The first kappa shape index (κ1) is 23.1. The van der Waals surface area contributed by atoms with Crippen LogP contribution >= 0.6 is 0 Å². The van der Waals surface area contributed by atoms with E-state index in [-0.39, 0.29) is 28.9 Å². The zero-order valence-electron chi connectivity index (χ0n) is 17.8. The summed E-state index contributed by atoms with van der Waals surface area (Å²) in [5, 5.41) is 12.3. The molecule has 33 heavy (non-hydrogen) atoms. The molecule has 1 aromatic carbocycles. The summed E-state index contributed by atoms with van der Waals surface area (Å²) in [7, 11) is -3.86. The molecule has 10 nitrogen and oxygen atoms in total. The Bertz CT molecular complexity index is 1210. The lowest BCUT2D eigenvalue weighted by Crippen LogP contribution is -2.31. The third-order valence-corrected chi connectivity index (χ3v) is 5.66. The van der Waals surface area contributed by atoms with Crippen LogP contribution in [0.15, 0.2) is 24.4 Å².